The zero-order valence-corrected chi connectivity index (χ0v) is 15.9. The van der Waals surface area contributed by atoms with Crippen LogP contribution in [0.5, 0.6) is 5.75 Å². The van der Waals surface area contributed by atoms with E-state index in [0.29, 0.717) is 28.7 Å². The van der Waals surface area contributed by atoms with Crippen molar-refractivity contribution >= 4 is 16.9 Å². The van der Waals surface area contributed by atoms with Gasteiger partial charge in [-0.15, -0.1) is 0 Å². The number of carbonyl (C=O) groups is 1. The van der Waals surface area contributed by atoms with E-state index in [2.05, 4.69) is 6.58 Å². The Morgan fingerprint density at radius 2 is 1.90 bits per heavy atom. The fourth-order valence-electron chi connectivity index (χ4n) is 2.91. The van der Waals surface area contributed by atoms with Gasteiger partial charge in [0, 0.05) is 17.5 Å². The first-order valence-corrected chi connectivity index (χ1v) is 8.93. The molecule has 30 heavy (non-hydrogen) atoms. The van der Waals surface area contributed by atoms with Crippen molar-refractivity contribution in [3.63, 3.8) is 0 Å². The van der Waals surface area contributed by atoms with Crippen LogP contribution in [0.3, 0.4) is 0 Å². The Kier molecular flexibility index (Phi) is 5.96. The van der Waals surface area contributed by atoms with Gasteiger partial charge in [-0.1, -0.05) is 19.6 Å². The summed E-state index contributed by atoms with van der Waals surface area (Å²) in [6.45, 7) is 4.63. The van der Waals surface area contributed by atoms with Gasteiger partial charge in [-0.25, -0.2) is 9.59 Å². The molecule has 0 fully saturated rings. The number of halogens is 3. The second-order valence-corrected chi connectivity index (χ2v) is 6.30. The smallest absolute Gasteiger partial charge is 0.416 e. The van der Waals surface area contributed by atoms with Crippen molar-refractivity contribution in [2.24, 2.45) is 0 Å². The van der Waals surface area contributed by atoms with Gasteiger partial charge in [-0.3, -0.25) is 0 Å². The lowest BCUT2D eigenvalue weighted by Gasteiger charge is -2.13. The van der Waals surface area contributed by atoms with Crippen LogP contribution in [0.2, 0.25) is 0 Å². The van der Waals surface area contributed by atoms with Gasteiger partial charge in [0.25, 0.3) is 0 Å². The maximum Gasteiger partial charge on any atom is 0.416 e. The molecule has 156 valence electrons. The van der Waals surface area contributed by atoms with Gasteiger partial charge in [0.15, 0.2) is 0 Å². The highest BCUT2D eigenvalue weighted by Gasteiger charge is 2.31. The normalized spacial score (nSPS) is 11.3. The Bertz CT molecular complexity index is 1160. The summed E-state index contributed by atoms with van der Waals surface area (Å²) in [5, 5.41) is 0.557. The first-order chi connectivity index (χ1) is 14.2. The van der Waals surface area contributed by atoms with Crippen molar-refractivity contribution in [3.8, 4) is 16.9 Å². The molecule has 0 spiro atoms. The maximum absolute atomic E-state index is 13.0. The highest BCUT2D eigenvalue weighted by atomic mass is 19.4. The number of rotatable bonds is 6. The summed E-state index contributed by atoms with van der Waals surface area (Å²) < 4.78 is 54.3. The molecule has 0 saturated carbocycles. The van der Waals surface area contributed by atoms with Crippen LogP contribution in [0.25, 0.3) is 22.1 Å². The standard InChI is InChI=1S/C22H17F3O5/c1-3-13-9-15(22(23,24)25)6-8-17(13)18-10-14-5-7-16(11-19(14)30-21(18)27)28-12-29-20(26)4-2/h4-11H,2-3,12H2,1H3. The van der Waals surface area contributed by atoms with E-state index in [0.717, 1.165) is 18.2 Å². The molecule has 0 radical (unpaired) electrons. The van der Waals surface area contributed by atoms with Gasteiger partial charge in [0.2, 0.25) is 6.79 Å². The van der Waals surface area contributed by atoms with E-state index >= 15 is 0 Å². The highest BCUT2D eigenvalue weighted by Crippen LogP contribution is 2.33. The topological polar surface area (TPSA) is 65.7 Å². The predicted molar refractivity (Wildman–Crippen MR) is 104 cm³/mol. The van der Waals surface area contributed by atoms with Gasteiger partial charge in [0.05, 0.1) is 11.1 Å². The largest absolute Gasteiger partial charge is 0.457 e. The molecule has 3 rings (SSSR count). The van der Waals surface area contributed by atoms with E-state index in [1.807, 2.05) is 0 Å². The molecule has 0 atom stereocenters. The van der Waals surface area contributed by atoms with E-state index in [1.54, 1.807) is 25.1 Å². The molecule has 0 N–H and O–H groups in total. The van der Waals surface area contributed by atoms with Crippen molar-refractivity contribution in [1.82, 2.24) is 0 Å². The van der Waals surface area contributed by atoms with E-state index in [-0.39, 0.29) is 17.9 Å². The van der Waals surface area contributed by atoms with Crippen LogP contribution in [-0.2, 0) is 22.1 Å². The number of hydrogen-bond acceptors (Lipinski definition) is 5. The van der Waals surface area contributed by atoms with Gasteiger partial charge in [-0.2, -0.15) is 13.2 Å². The Hall–Kier alpha value is -3.55. The zero-order valence-electron chi connectivity index (χ0n) is 15.9. The second kappa shape index (κ2) is 8.44. The summed E-state index contributed by atoms with van der Waals surface area (Å²) in [5.41, 5.74) is -0.291. The lowest BCUT2D eigenvalue weighted by Crippen LogP contribution is -2.09. The fraction of sp³-hybridized carbons (Fsp3) is 0.182. The summed E-state index contributed by atoms with van der Waals surface area (Å²) in [6, 6.07) is 9.49. The summed E-state index contributed by atoms with van der Waals surface area (Å²) in [7, 11) is 0. The number of benzene rings is 2. The summed E-state index contributed by atoms with van der Waals surface area (Å²) in [6.07, 6.45) is -3.16. The van der Waals surface area contributed by atoms with Gasteiger partial charge in [0.1, 0.15) is 11.3 Å². The highest BCUT2D eigenvalue weighted by molar-refractivity contribution is 5.83. The van der Waals surface area contributed by atoms with Crippen LogP contribution in [-0.4, -0.2) is 12.8 Å². The number of esters is 1. The molecule has 0 aliphatic rings. The van der Waals surface area contributed by atoms with E-state index in [4.69, 9.17) is 13.9 Å². The molecule has 0 saturated heterocycles. The van der Waals surface area contributed by atoms with Gasteiger partial charge in [-0.05, 0) is 47.9 Å². The monoisotopic (exact) mass is 418 g/mol. The minimum Gasteiger partial charge on any atom is -0.457 e. The summed E-state index contributed by atoms with van der Waals surface area (Å²) >= 11 is 0. The lowest BCUT2D eigenvalue weighted by molar-refractivity contribution is -0.144. The number of fused-ring (bicyclic) bond motifs is 1. The van der Waals surface area contributed by atoms with Crippen molar-refractivity contribution < 1.29 is 31.9 Å². The number of alkyl halides is 3. The van der Waals surface area contributed by atoms with E-state index in [1.165, 1.54) is 12.1 Å². The Labute approximate surface area is 169 Å². The Morgan fingerprint density at radius 1 is 1.13 bits per heavy atom. The van der Waals surface area contributed by atoms with Crippen molar-refractivity contribution in [3.05, 3.63) is 76.7 Å². The number of hydrogen-bond donors (Lipinski definition) is 0. The number of carbonyl (C=O) groups excluding carboxylic acids is 1. The lowest BCUT2D eigenvalue weighted by atomic mass is 9.96. The van der Waals surface area contributed by atoms with E-state index in [9.17, 15) is 22.8 Å². The Balaban J connectivity index is 1.96. The molecule has 0 aliphatic carbocycles. The molecule has 2 aromatic carbocycles. The second-order valence-electron chi connectivity index (χ2n) is 6.30. The third-order valence-electron chi connectivity index (χ3n) is 4.40. The van der Waals surface area contributed by atoms with Crippen LogP contribution < -0.4 is 10.4 Å². The zero-order chi connectivity index (χ0) is 21.9. The van der Waals surface area contributed by atoms with E-state index < -0.39 is 23.3 Å². The Morgan fingerprint density at radius 3 is 2.57 bits per heavy atom. The first-order valence-electron chi connectivity index (χ1n) is 8.93. The summed E-state index contributed by atoms with van der Waals surface area (Å²) in [4.78, 5) is 23.5. The molecule has 0 bridgehead atoms. The number of aryl methyl sites for hydroxylation is 1. The third-order valence-corrected chi connectivity index (χ3v) is 4.40. The first kappa shape index (κ1) is 21.2. The molecular formula is C22H17F3O5. The number of ether oxygens (including phenoxy) is 2. The average molecular weight is 418 g/mol. The van der Waals surface area contributed by atoms with Crippen molar-refractivity contribution in [2.75, 3.05) is 6.79 Å². The van der Waals surface area contributed by atoms with Crippen LogP contribution in [0.15, 0.2) is 64.3 Å². The molecule has 0 aliphatic heterocycles. The SMILES string of the molecule is C=CC(=O)OCOc1ccc2cc(-c3ccc(C(F)(F)F)cc3CC)c(=O)oc2c1. The maximum atomic E-state index is 13.0. The molecule has 0 unspecified atom stereocenters. The van der Waals surface area contributed by atoms with Crippen molar-refractivity contribution in [2.45, 2.75) is 19.5 Å². The predicted octanol–water partition coefficient (Wildman–Crippen LogP) is 5.11. The molecule has 1 aromatic heterocycles. The van der Waals surface area contributed by atoms with Crippen LogP contribution >= 0.6 is 0 Å². The van der Waals surface area contributed by atoms with Crippen LogP contribution in [0.4, 0.5) is 13.2 Å². The average Bonchev–Trinajstić information content (AvgIpc) is 2.72. The van der Waals surface area contributed by atoms with Gasteiger partial charge < -0.3 is 13.9 Å². The van der Waals surface area contributed by atoms with Gasteiger partial charge >= 0.3 is 17.8 Å². The molecule has 8 heteroatoms. The minimum absolute atomic E-state index is 0.168. The molecular weight excluding hydrogens is 401 g/mol. The van der Waals surface area contributed by atoms with Crippen molar-refractivity contribution in [1.29, 1.82) is 0 Å². The third kappa shape index (κ3) is 4.53. The minimum atomic E-state index is -4.47. The van der Waals surface area contributed by atoms with Crippen LogP contribution in [0, 0.1) is 0 Å². The summed E-state index contributed by atoms with van der Waals surface area (Å²) in [5.74, 6) is -0.339. The molecule has 1 heterocycles. The molecule has 5 nitrogen and oxygen atoms in total. The van der Waals surface area contributed by atoms with Crippen LogP contribution in [0.1, 0.15) is 18.1 Å². The molecule has 3 aromatic rings. The fourth-order valence-corrected chi connectivity index (χ4v) is 2.91. The molecule has 0 amide bonds. The quantitative estimate of drug-likeness (QED) is 0.241.